The molecule has 2 aliphatic rings. The molecule has 3 N–H and O–H groups in total. The molecule has 158 valence electrons. The first-order valence-corrected chi connectivity index (χ1v) is 10.0. The maximum absolute atomic E-state index is 13.8. The van der Waals surface area contributed by atoms with Gasteiger partial charge in [0.2, 0.25) is 0 Å². The molecular weight excluding hydrogens is 399 g/mol. The van der Waals surface area contributed by atoms with Crippen LogP contribution in [0.4, 0.5) is 10.1 Å². The molecule has 2 heterocycles. The smallest absolute Gasteiger partial charge is 0.256 e. The number of halogens is 1. The van der Waals surface area contributed by atoms with Crippen molar-refractivity contribution in [1.29, 1.82) is 5.41 Å². The van der Waals surface area contributed by atoms with Crippen molar-refractivity contribution in [3.8, 4) is 5.75 Å². The van der Waals surface area contributed by atoms with E-state index in [1.165, 1.54) is 24.4 Å². The molecule has 0 bridgehead atoms. The maximum atomic E-state index is 13.8. The Balaban J connectivity index is 1.49. The van der Waals surface area contributed by atoms with Crippen LogP contribution >= 0.6 is 0 Å². The molecule has 5 rings (SSSR count). The summed E-state index contributed by atoms with van der Waals surface area (Å²) in [6.45, 7) is 0. The largest absolute Gasteiger partial charge is 0.497 e. The number of benzene rings is 2. The third-order valence-electron chi connectivity index (χ3n) is 5.91. The molecule has 0 unspecified atom stereocenters. The van der Waals surface area contributed by atoms with Gasteiger partial charge in [0.25, 0.3) is 5.91 Å². The summed E-state index contributed by atoms with van der Waals surface area (Å²) in [5.41, 5.74) is 4.93. The predicted molar refractivity (Wildman–Crippen MR) is 115 cm³/mol. The van der Waals surface area contributed by atoms with Gasteiger partial charge in [-0.15, -0.1) is 0 Å². The number of methoxy groups -OCH3 is 1. The first-order valence-electron chi connectivity index (χ1n) is 10.0. The lowest BCUT2D eigenvalue weighted by atomic mass is 10.1. The maximum Gasteiger partial charge on any atom is 0.256 e. The lowest BCUT2D eigenvalue weighted by Gasteiger charge is -2.27. The van der Waals surface area contributed by atoms with E-state index < -0.39 is 5.82 Å². The second kappa shape index (κ2) is 7.50. The fourth-order valence-corrected chi connectivity index (χ4v) is 4.36. The van der Waals surface area contributed by atoms with E-state index in [0.29, 0.717) is 11.5 Å². The highest BCUT2D eigenvalue weighted by atomic mass is 19.1. The van der Waals surface area contributed by atoms with Crippen LogP contribution in [0.5, 0.6) is 5.75 Å². The van der Waals surface area contributed by atoms with Gasteiger partial charge in [-0.3, -0.25) is 10.2 Å². The highest BCUT2D eigenvalue weighted by molar-refractivity contribution is 6.14. The summed E-state index contributed by atoms with van der Waals surface area (Å²) in [7, 11) is 1.61. The van der Waals surface area contributed by atoms with Crippen LogP contribution in [-0.4, -0.2) is 46.4 Å². The Morgan fingerprint density at radius 2 is 2.23 bits per heavy atom. The Morgan fingerprint density at radius 1 is 1.35 bits per heavy atom. The number of aromatic nitrogens is 2. The van der Waals surface area contributed by atoms with Gasteiger partial charge < -0.3 is 20.0 Å². The van der Waals surface area contributed by atoms with Crippen molar-refractivity contribution in [2.75, 3.05) is 12.5 Å². The number of ether oxygens (including phenoxy) is 1. The van der Waals surface area contributed by atoms with Crippen LogP contribution in [0.3, 0.4) is 0 Å². The van der Waals surface area contributed by atoms with Gasteiger partial charge in [0, 0.05) is 18.3 Å². The highest BCUT2D eigenvalue weighted by Crippen LogP contribution is 2.53. The zero-order valence-electron chi connectivity index (χ0n) is 16.8. The number of hydrogen-bond donors (Lipinski definition) is 3. The normalized spacial score (nSPS) is 22.0. The first-order chi connectivity index (χ1) is 15.1. The average molecular weight is 420 g/mol. The standard InChI is InChI=1S/C22H21FN6O2/c1-31-14-3-5-16-18(11-14)27-21(26-16)20-9-12-8-19(12)29(20)22(30)15-4-2-13(23)10-17(15)28-25-7-6-24/h2-7,10-12,19-20,24,28H,8-9H2,1H3,(H,26,27)/b24-6?,25-7-/t12-,19-,20+/m1/s1. The van der Waals surface area contributed by atoms with E-state index >= 15 is 0 Å². The van der Waals surface area contributed by atoms with Crippen LogP contribution in [-0.2, 0) is 0 Å². The number of rotatable bonds is 6. The van der Waals surface area contributed by atoms with Crippen molar-refractivity contribution in [3.63, 3.8) is 0 Å². The Hall–Kier alpha value is -3.75. The Bertz CT molecular complexity index is 1210. The van der Waals surface area contributed by atoms with Crippen LogP contribution in [0.1, 0.15) is 35.1 Å². The van der Waals surface area contributed by atoms with Gasteiger partial charge in [-0.25, -0.2) is 9.37 Å². The van der Waals surface area contributed by atoms with Crippen LogP contribution in [0.2, 0.25) is 0 Å². The molecule has 2 aromatic carbocycles. The molecule has 1 aromatic heterocycles. The number of carbonyl (C=O) groups excluding carboxylic acids is 1. The fourth-order valence-electron chi connectivity index (χ4n) is 4.36. The number of hydrogen-bond acceptors (Lipinski definition) is 6. The molecule has 1 aliphatic heterocycles. The van der Waals surface area contributed by atoms with Gasteiger partial charge in [0.05, 0.1) is 41.7 Å². The number of fused-ring (bicyclic) bond motifs is 2. The van der Waals surface area contributed by atoms with Crippen LogP contribution in [0.15, 0.2) is 41.5 Å². The van der Waals surface area contributed by atoms with Crippen molar-refractivity contribution in [2.45, 2.75) is 24.9 Å². The molecule has 1 aliphatic carbocycles. The number of carbonyl (C=O) groups is 1. The first kappa shape index (κ1) is 19.2. The summed E-state index contributed by atoms with van der Waals surface area (Å²) < 4.78 is 19.1. The summed E-state index contributed by atoms with van der Waals surface area (Å²) in [6.07, 6.45) is 4.02. The van der Waals surface area contributed by atoms with Gasteiger partial charge in [-0.1, -0.05) is 0 Å². The summed E-state index contributed by atoms with van der Waals surface area (Å²) in [5, 5.41) is 10.9. The topological polar surface area (TPSA) is 106 Å². The number of nitrogens with one attached hydrogen (secondary N) is 3. The number of likely N-dealkylation sites (tertiary alicyclic amines) is 1. The fraction of sp³-hybridized carbons (Fsp3) is 0.273. The van der Waals surface area contributed by atoms with Crippen molar-refractivity contribution < 1.29 is 13.9 Å². The molecule has 31 heavy (non-hydrogen) atoms. The number of H-pyrrole nitrogens is 1. The molecule has 1 saturated heterocycles. The van der Waals surface area contributed by atoms with Gasteiger partial charge in [0.1, 0.15) is 17.4 Å². The van der Waals surface area contributed by atoms with E-state index in [1.54, 1.807) is 7.11 Å². The number of nitrogens with zero attached hydrogens (tertiary/aromatic N) is 3. The van der Waals surface area contributed by atoms with Crippen LogP contribution < -0.4 is 10.2 Å². The van der Waals surface area contributed by atoms with Crippen molar-refractivity contribution in [1.82, 2.24) is 14.9 Å². The molecule has 1 saturated carbocycles. The van der Waals surface area contributed by atoms with Crippen molar-refractivity contribution in [3.05, 3.63) is 53.6 Å². The number of amides is 1. The molecule has 1 amide bonds. The third kappa shape index (κ3) is 3.41. The third-order valence-corrected chi connectivity index (χ3v) is 5.91. The number of anilines is 1. The van der Waals surface area contributed by atoms with Crippen molar-refractivity contribution >= 4 is 35.1 Å². The zero-order chi connectivity index (χ0) is 21.5. The Morgan fingerprint density at radius 3 is 3.03 bits per heavy atom. The quantitative estimate of drug-likeness (QED) is 0.417. The molecule has 9 heteroatoms. The van der Waals surface area contributed by atoms with E-state index in [2.05, 4.69) is 15.5 Å². The lowest BCUT2D eigenvalue weighted by molar-refractivity contribution is 0.0693. The van der Waals surface area contributed by atoms with E-state index in [4.69, 9.17) is 15.1 Å². The van der Waals surface area contributed by atoms with E-state index in [-0.39, 0.29) is 23.7 Å². The average Bonchev–Trinajstić information content (AvgIpc) is 3.24. The molecular formula is C22H21FN6O2. The minimum absolute atomic E-state index is 0.156. The molecule has 3 atom stereocenters. The summed E-state index contributed by atoms with van der Waals surface area (Å²) in [6, 6.07) is 9.57. The number of hydrazone groups is 1. The van der Waals surface area contributed by atoms with Crippen LogP contribution in [0.25, 0.3) is 11.0 Å². The summed E-state index contributed by atoms with van der Waals surface area (Å²) in [5.74, 6) is 1.25. The minimum Gasteiger partial charge on any atom is -0.497 e. The Kier molecular flexibility index (Phi) is 4.65. The van der Waals surface area contributed by atoms with E-state index in [9.17, 15) is 9.18 Å². The van der Waals surface area contributed by atoms with E-state index in [1.807, 2.05) is 23.1 Å². The number of piperidine rings is 1. The minimum atomic E-state index is -0.474. The molecule has 0 spiro atoms. The van der Waals surface area contributed by atoms with Gasteiger partial charge >= 0.3 is 0 Å². The second-order valence-corrected chi connectivity index (χ2v) is 7.78. The lowest BCUT2D eigenvalue weighted by Crippen LogP contribution is -2.34. The number of imidazole rings is 1. The zero-order valence-corrected chi connectivity index (χ0v) is 16.8. The van der Waals surface area contributed by atoms with Gasteiger partial charge in [-0.2, -0.15) is 5.10 Å². The van der Waals surface area contributed by atoms with E-state index in [0.717, 1.165) is 41.7 Å². The van der Waals surface area contributed by atoms with Crippen molar-refractivity contribution in [2.24, 2.45) is 11.0 Å². The van der Waals surface area contributed by atoms with Crippen LogP contribution in [0, 0.1) is 17.1 Å². The summed E-state index contributed by atoms with van der Waals surface area (Å²) in [4.78, 5) is 23.5. The molecule has 3 aromatic rings. The van der Waals surface area contributed by atoms with Gasteiger partial charge in [-0.05, 0) is 49.1 Å². The highest BCUT2D eigenvalue weighted by Gasteiger charge is 2.55. The molecule has 0 radical (unpaired) electrons. The second-order valence-electron chi connectivity index (χ2n) is 7.78. The monoisotopic (exact) mass is 420 g/mol. The predicted octanol–water partition coefficient (Wildman–Crippen LogP) is 3.73. The molecule has 2 fully saturated rings. The number of aromatic amines is 1. The summed E-state index contributed by atoms with van der Waals surface area (Å²) >= 11 is 0. The SMILES string of the molecule is COc1ccc2nc([C@@H]3C[C@H]4C[C@H]4N3C(=O)c3ccc(F)cc3N/N=C\C=N)[nH]c2c1. The van der Waals surface area contributed by atoms with Gasteiger partial charge in [0.15, 0.2) is 0 Å². The Labute approximate surface area is 177 Å². The molecule has 8 nitrogen and oxygen atoms in total.